The molecule has 1 aromatic heterocycles. The summed E-state index contributed by atoms with van der Waals surface area (Å²) < 4.78 is 1.81. The number of hydrogen-bond donors (Lipinski definition) is 1. The van der Waals surface area contributed by atoms with E-state index in [9.17, 15) is 4.79 Å². The summed E-state index contributed by atoms with van der Waals surface area (Å²) in [6.07, 6.45) is 6.49. The first kappa shape index (κ1) is 10.3. The number of nitrogen functional groups attached to an aromatic ring is 1. The largest absolute Gasteiger partial charge is 0.394 e. The summed E-state index contributed by atoms with van der Waals surface area (Å²) in [5, 5.41) is 0. The number of nitrogens with zero attached hydrogens (tertiary/aromatic N) is 1. The van der Waals surface area contributed by atoms with Gasteiger partial charge < -0.3 is 10.3 Å². The topological polar surface area (TPSA) is 48.0 Å². The molecule has 0 unspecified atom stereocenters. The van der Waals surface area contributed by atoms with Crippen LogP contribution in [0.1, 0.15) is 38.6 Å². The van der Waals surface area contributed by atoms with Crippen molar-refractivity contribution in [1.82, 2.24) is 4.57 Å². The van der Waals surface area contributed by atoms with Gasteiger partial charge in [0.1, 0.15) is 0 Å². The fourth-order valence-corrected chi connectivity index (χ4v) is 2.34. The van der Waals surface area contributed by atoms with Gasteiger partial charge in [-0.2, -0.15) is 0 Å². The standard InChI is InChI=1S/C12H18N2O/c1-9-4-6-10(7-5-9)14-8-2-3-11(13)12(14)15/h2-3,8-10H,4-7,13H2,1H3. The van der Waals surface area contributed by atoms with E-state index in [4.69, 9.17) is 5.73 Å². The van der Waals surface area contributed by atoms with Crippen molar-refractivity contribution in [2.24, 2.45) is 5.92 Å². The maximum Gasteiger partial charge on any atom is 0.273 e. The van der Waals surface area contributed by atoms with E-state index in [1.54, 1.807) is 10.6 Å². The third-order valence-electron chi connectivity index (χ3n) is 3.38. The Morgan fingerprint density at radius 2 is 2.00 bits per heavy atom. The molecule has 1 saturated carbocycles. The summed E-state index contributed by atoms with van der Waals surface area (Å²) >= 11 is 0. The summed E-state index contributed by atoms with van der Waals surface area (Å²) in [4.78, 5) is 11.8. The smallest absolute Gasteiger partial charge is 0.273 e. The summed E-state index contributed by atoms with van der Waals surface area (Å²) in [7, 11) is 0. The van der Waals surface area contributed by atoms with E-state index in [2.05, 4.69) is 6.92 Å². The molecule has 2 rings (SSSR count). The zero-order valence-corrected chi connectivity index (χ0v) is 9.15. The Bertz CT molecular complexity index is 389. The quantitative estimate of drug-likeness (QED) is 0.765. The minimum absolute atomic E-state index is 0.0305. The first-order chi connectivity index (χ1) is 7.18. The first-order valence-electron chi connectivity index (χ1n) is 5.65. The molecule has 1 aliphatic carbocycles. The first-order valence-corrected chi connectivity index (χ1v) is 5.65. The molecule has 0 aromatic carbocycles. The molecule has 0 bridgehead atoms. The molecule has 15 heavy (non-hydrogen) atoms. The lowest BCUT2D eigenvalue weighted by atomic mass is 9.87. The second-order valence-electron chi connectivity index (χ2n) is 4.59. The van der Waals surface area contributed by atoms with Crippen molar-refractivity contribution in [2.45, 2.75) is 38.6 Å². The van der Waals surface area contributed by atoms with E-state index < -0.39 is 0 Å². The average molecular weight is 206 g/mol. The Morgan fingerprint density at radius 1 is 1.33 bits per heavy atom. The molecular formula is C12H18N2O. The number of aromatic nitrogens is 1. The molecule has 2 N–H and O–H groups in total. The van der Waals surface area contributed by atoms with Gasteiger partial charge in [-0.05, 0) is 43.7 Å². The zero-order chi connectivity index (χ0) is 10.8. The van der Waals surface area contributed by atoms with Crippen LogP contribution in [-0.4, -0.2) is 4.57 Å². The molecule has 0 amide bonds. The van der Waals surface area contributed by atoms with Crippen LogP contribution in [0.5, 0.6) is 0 Å². The van der Waals surface area contributed by atoms with Crippen molar-refractivity contribution in [3.8, 4) is 0 Å². The Morgan fingerprint density at radius 3 is 2.67 bits per heavy atom. The van der Waals surface area contributed by atoms with Gasteiger partial charge in [0.2, 0.25) is 0 Å². The van der Waals surface area contributed by atoms with Gasteiger partial charge in [0.15, 0.2) is 0 Å². The summed E-state index contributed by atoms with van der Waals surface area (Å²) in [6.45, 7) is 2.28. The molecule has 0 aliphatic heterocycles. The summed E-state index contributed by atoms with van der Waals surface area (Å²) in [5.41, 5.74) is 5.95. The third kappa shape index (κ3) is 2.06. The maximum atomic E-state index is 11.8. The Kier molecular flexibility index (Phi) is 2.80. The molecule has 3 nitrogen and oxygen atoms in total. The second kappa shape index (κ2) is 4.09. The fourth-order valence-electron chi connectivity index (χ4n) is 2.34. The average Bonchev–Trinajstić information content (AvgIpc) is 2.24. The SMILES string of the molecule is CC1CCC(n2cccc(N)c2=O)CC1. The fraction of sp³-hybridized carbons (Fsp3) is 0.583. The van der Waals surface area contributed by atoms with Gasteiger partial charge in [-0.15, -0.1) is 0 Å². The summed E-state index contributed by atoms with van der Waals surface area (Å²) in [6, 6.07) is 3.89. The molecule has 0 saturated heterocycles. The van der Waals surface area contributed by atoms with Crippen molar-refractivity contribution < 1.29 is 0 Å². The van der Waals surface area contributed by atoms with Gasteiger partial charge >= 0.3 is 0 Å². The third-order valence-corrected chi connectivity index (χ3v) is 3.38. The van der Waals surface area contributed by atoms with Crippen LogP contribution < -0.4 is 11.3 Å². The highest BCUT2D eigenvalue weighted by Crippen LogP contribution is 2.30. The van der Waals surface area contributed by atoms with Crippen LogP contribution in [0.3, 0.4) is 0 Å². The molecule has 1 aliphatic rings. The van der Waals surface area contributed by atoms with Crippen molar-refractivity contribution in [2.75, 3.05) is 5.73 Å². The van der Waals surface area contributed by atoms with Crippen molar-refractivity contribution in [3.05, 3.63) is 28.7 Å². The molecule has 1 heterocycles. The van der Waals surface area contributed by atoms with Crippen molar-refractivity contribution in [3.63, 3.8) is 0 Å². The molecule has 1 fully saturated rings. The van der Waals surface area contributed by atoms with Crippen LogP contribution >= 0.6 is 0 Å². The highest BCUT2D eigenvalue weighted by molar-refractivity contribution is 5.33. The van der Waals surface area contributed by atoms with Crippen LogP contribution in [0.2, 0.25) is 0 Å². The monoisotopic (exact) mass is 206 g/mol. The number of rotatable bonds is 1. The number of hydrogen-bond acceptors (Lipinski definition) is 2. The molecule has 1 aromatic rings. The van der Waals surface area contributed by atoms with Crippen LogP contribution in [0.4, 0.5) is 5.69 Å². The number of anilines is 1. The Labute approximate surface area is 89.9 Å². The lowest BCUT2D eigenvalue weighted by molar-refractivity contribution is 0.285. The van der Waals surface area contributed by atoms with Gasteiger partial charge in [0.25, 0.3) is 5.56 Å². The van der Waals surface area contributed by atoms with Gasteiger partial charge in [0, 0.05) is 12.2 Å². The lowest BCUT2D eigenvalue weighted by Gasteiger charge is -2.27. The summed E-state index contributed by atoms with van der Waals surface area (Å²) in [5.74, 6) is 0.804. The van der Waals surface area contributed by atoms with E-state index in [-0.39, 0.29) is 5.56 Å². The van der Waals surface area contributed by atoms with Gasteiger partial charge in [0.05, 0.1) is 5.69 Å². The van der Waals surface area contributed by atoms with Crippen LogP contribution in [0, 0.1) is 5.92 Å². The Balaban J connectivity index is 2.23. The van der Waals surface area contributed by atoms with E-state index in [1.165, 1.54) is 12.8 Å². The van der Waals surface area contributed by atoms with Crippen LogP contribution in [0.15, 0.2) is 23.1 Å². The predicted molar refractivity (Wildman–Crippen MR) is 61.8 cm³/mol. The highest BCUT2D eigenvalue weighted by Gasteiger charge is 2.20. The molecule has 0 atom stereocenters. The molecule has 0 spiro atoms. The second-order valence-corrected chi connectivity index (χ2v) is 4.59. The molecular weight excluding hydrogens is 188 g/mol. The minimum atomic E-state index is -0.0305. The number of nitrogens with two attached hydrogens (primary N) is 1. The maximum absolute atomic E-state index is 11.8. The van der Waals surface area contributed by atoms with E-state index in [0.29, 0.717) is 11.7 Å². The zero-order valence-electron chi connectivity index (χ0n) is 9.15. The van der Waals surface area contributed by atoms with Gasteiger partial charge in [-0.1, -0.05) is 6.92 Å². The van der Waals surface area contributed by atoms with E-state index >= 15 is 0 Å². The van der Waals surface area contributed by atoms with Crippen LogP contribution in [0.25, 0.3) is 0 Å². The number of pyridine rings is 1. The van der Waals surface area contributed by atoms with Crippen LogP contribution in [-0.2, 0) is 0 Å². The van der Waals surface area contributed by atoms with Crippen molar-refractivity contribution in [1.29, 1.82) is 0 Å². The van der Waals surface area contributed by atoms with E-state index in [0.717, 1.165) is 18.8 Å². The predicted octanol–water partition coefficient (Wildman–Crippen LogP) is 2.18. The van der Waals surface area contributed by atoms with Gasteiger partial charge in [-0.3, -0.25) is 4.79 Å². The van der Waals surface area contributed by atoms with E-state index in [1.807, 2.05) is 12.3 Å². The lowest BCUT2D eigenvalue weighted by Crippen LogP contribution is -2.28. The highest BCUT2D eigenvalue weighted by atomic mass is 16.1. The molecule has 82 valence electrons. The normalized spacial score (nSPS) is 26.5. The van der Waals surface area contributed by atoms with Crippen molar-refractivity contribution >= 4 is 5.69 Å². The molecule has 3 heteroatoms. The van der Waals surface area contributed by atoms with Gasteiger partial charge in [-0.25, -0.2) is 0 Å². The Hall–Kier alpha value is -1.25. The molecule has 0 radical (unpaired) electrons. The minimum Gasteiger partial charge on any atom is -0.394 e.